The summed E-state index contributed by atoms with van der Waals surface area (Å²) in [5.41, 5.74) is 3.58. The first-order valence-corrected chi connectivity index (χ1v) is 4.48. The van der Waals surface area contributed by atoms with Gasteiger partial charge >= 0.3 is 0 Å². The van der Waals surface area contributed by atoms with E-state index in [1.807, 2.05) is 37.3 Å². The molecule has 74 valence electrons. The Balaban J connectivity index is 2.22. The van der Waals surface area contributed by atoms with E-state index >= 15 is 0 Å². The molecule has 14 heavy (non-hydrogen) atoms. The average Bonchev–Trinajstić information content (AvgIpc) is 2.61. The van der Waals surface area contributed by atoms with E-state index in [0.29, 0.717) is 12.4 Å². The van der Waals surface area contributed by atoms with Gasteiger partial charge in [0.25, 0.3) is 0 Å². The highest BCUT2D eigenvalue weighted by atomic mass is 16.6. The van der Waals surface area contributed by atoms with E-state index in [4.69, 9.17) is 0 Å². The lowest BCUT2D eigenvalue weighted by atomic mass is 10.2. The zero-order chi connectivity index (χ0) is 9.97. The maximum Gasteiger partial charge on any atom is 0.200 e. The molecule has 0 fully saturated rings. The van der Waals surface area contributed by atoms with Crippen LogP contribution in [0.15, 0.2) is 35.4 Å². The number of nitrogens with zero attached hydrogens (tertiary/aromatic N) is 3. The summed E-state index contributed by atoms with van der Waals surface area (Å²) >= 11 is 0. The van der Waals surface area contributed by atoms with Gasteiger partial charge in [-0.25, -0.2) is 5.53 Å². The summed E-state index contributed by atoms with van der Waals surface area (Å²) in [6.07, 6.45) is 0. The summed E-state index contributed by atoms with van der Waals surface area (Å²) in [7, 11) is 0. The normalized spacial score (nSPS) is 16.7. The summed E-state index contributed by atoms with van der Waals surface area (Å²) in [6.45, 7) is 2.55. The third kappa shape index (κ3) is 1.43. The summed E-state index contributed by atoms with van der Waals surface area (Å²) < 4.78 is 0. The van der Waals surface area contributed by atoms with E-state index in [-0.39, 0.29) is 0 Å². The second-order valence-electron chi connectivity index (χ2n) is 2.91. The molecule has 0 atom stereocenters. The van der Waals surface area contributed by atoms with Crippen LogP contribution in [0.5, 0.6) is 0 Å². The predicted octanol–water partition coefficient (Wildman–Crippen LogP) is 0.795. The predicted molar refractivity (Wildman–Crippen MR) is 52.1 cm³/mol. The Hall–Kier alpha value is -1.59. The van der Waals surface area contributed by atoms with E-state index in [0.717, 1.165) is 10.7 Å². The third-order valence-electron chi connectivity index (χ3n) is 2.02. The number of hydrazine groups is 2. The molecule has 0 aromatic heterocycles. The largest absolute Gasteiger partial charge is 0.270 e. The third-order valence-corrected chi connectivity index (χ3v) is 2.02. The maximum absolute atomic E-state index is 9.67. The maximum atomic E-state index is 9.67. The van der Waals surface area contributed by atoms with Gasteiger partial charge in [-0.3, -0.25) is 5.21 Å². The van der Waals surface area contributed by atoms with Gasteiger partial charge in [0.05, 0.1) is 0 Å². The Kier molecular flexibility index (Phi) is 2.34. The Bertz CT molecular complexity index is 338. The summed E-state index contributed by atoms with van der Waals surface area (Å²) in [5.74, 6) is 0.507. The van der Waals surface area contributed by atoms with Crippen molar-refractivity contribution >= 4 is 5.84 Å². The Morgan fingerprint density at radius 1 is 1.36 bits per heavy atom. The lowest BCUT2D eigenvalue weighted by Crippen LogP contribution is -2.43. The van der Waals surface area contributed by atoms with Crippen molar-refractivity contribution < 1.29 is 5.21 Å². The van der Waals surface area contributed by atoms with Crippen LogP contribution in [-0.2, 0) is 0 Å². The van der Waals surface area contributed by atoms with Gasteiger partial charge < -0.3 is 0 Å². The van der Waals surface area contributed by atoms with Gasteiger partial charge in [-0.15, -0.1) is 10.3 Å². The smallest absolute Gasteiger partial charge is 0.200 e. The number of hydroxylamine groups is 1. The molecular weight excluding hydrogens is 180 g/mol. The first-order chi connectivity index (χ1) is 6.83. The van der Waals surface area contributed by atoms with Crippen molar-refractivity contribution in [1.82, 2.24) is 15.8 Å². The van der Waals surface area contributed by atoms with Crippen molar-refractivity contribution in [3.8, 4) is 0 Å². The van der Waals surface area contributed by atoms with Crippen molar-refractivity contribution in [2.75, 3.05) is 6.54 Å². The van der Waals surface area contributed by atoms with E-state index in [2.05, 4.69) is 10.6 Å². The molecule has 0 saturated heterocycles. The number of rotatable bonds is 2. The second kappa shape index (κ2) is 3.65. The number of amidine groups is 1. The minimum absolute atomic E-state index is 0.507. The van der Waals surface area contributed by atoms with E-state index in [1.54, 1.807) is 0 Å². The molecule has 0 radical (unpaired) electrons. The zero-order valence-electron chi connectivity index (χ0n) is 7.88. The van der Waals surface area contributed by atoms with Crippen molar-refractivity contribution in [2.24, 2.45) is 5.10 Å². The fourth-order valence-corrected chi connectivity index (χ4v) is 1.28. The van der Waals surface area contributed by atoms with Crippen LogP contribution in [-0.4, -0.2) is 27.9 Å². The van der Waals surface area contributed by atoms with Crippen molar-refractivity contribution in [3.05, 3.63) is 35.9 Å². The van der Waals surface area contributed by atoms with Crippen molar-refractivity contribution in [1.29, 1.82) is 0 Å². The van der Waals surface area contributed by atoms with Gasteiger partial charge in [0.2, 0.25) is 5.84 Å². The van der Waals surface area contributed by atoms with Crippen LogP contribution < -0.4 is 5.53 Å². The highest BCUT2D eigenvalue weighted by molar-refractivity contribution is 5.98. The molecule has 0 unspecified atom stereocenters. The monoisotopic (exact) mass is 192 g/mol. The molecule has 2 N–H and O–H groups in total. The van der Waals surface area contributed by atoms with Gasteiger partial charge in [-0.2, -0.15) is 0 Å². The number of hydrogen-bond acceptors (Lipinski definition) is 5. The molecule has 1 aliphatic rings. The molecule has 5 heteroatoms. The highest BCUT2D eigenvalue weighted by Gasteiger charge is 2.23. The molecule has 1 aliphatic heterocycles. The van der Waals surface area contributed by atoms with Crippen molar-refractivity contribution in [3.63, 3.8) is 0 Å². The first-order valence-electron chi connectivity index (χ1n) is 4.48. The highest BCUT2D eigenvalue weighted by Crippen LogP contribution is 2.09. The summed E-state index contributed by atoms with van der Waals surface area (Å²) in [5, 5.41) is 16.2. The molecule has 0 bridgehead atoms. The molecule has 2 rings (SSSR count). The van der Waals surface area contributed by atoms with Gasteiger partial charge in [-0.1, -0.05) is 35.4 Å². The number of hydrazone groups is 1. The lowest BCUT2D eigenvalue weighted by molar-refractivity contribution is -0.191. The minimum atomic E-state index is 0.507. The van der Waals surface area contributed by atoms with Crippen LogP contribution in [0.25, 0.3) is 0 Å². The fraction of sp³-hybridized carbons (Fsp3) is 0.222. The van der Waals surface area contributed by atoms with Gasteiger partial charge in [0, 0.05) is 12.1 Å². The molecule has 0 saturated carbocycles. The second-order valence-corrected chi connectivity index (χ2v) is 2.91. The molecule has 5 nitrogen and oxygen atoms in total. The van der Waals surface area contributed by atoms with Crippen LogP contribution >= 0.6 is 0 Å². The van der Waals surface area contributed by atoms with Crippen LogP contribution in [0.2, 0.25) is 0 Å². The minimum Gasteiger partial charge on any atom is -0.270 e. The molecule has 1 aromatic carbocycles. The Morgan fingerprint density at radius 2 is 2.07 bits per heavy atom. The number of nitrogens with one attached hydrogen (secondary N) is 1. The molecule has 1 aromatic rings. The fourth-order valence-electron chi connectivity index (χ4n) is 1.28. The molecule has 0 spiro atoms. The molecular formula is C9H12N4O. The lowest BCUT2D eigenvalue weighted by Gasteiger charge is -2.20. The number of hydrogen-bond donors (Lipinski definition) is 2. The average molecular weight is 192 g/mol. The van der Waals surface area contributed by atoms with E-state index < -0.39 is 0 Å². The van der Waals surface area contributed by atoms with Gasteiger partial charge in [0.1, 0.15) is 0 Å². The van der Waals surface area contributed by atoms with Crippen LogP contribution in [0.1, 0.15) is 12.5 Å². The number of benzene rings is 1. The van der Waals surface area contributed by atoms with Crippen LogP contribution in [0, 0.1) is 0 Å². The SMILES string of the molecule is CCN1NN=C(c2ccccc2)N1O. The first kappa shape index (κ1) is 8.98. The standard InChI is InChI=1S/C9H12N4O/c1-2-12-11-10-9(13(12)14)8-6-4-3-5-7-8/h3-7,11,14H,2H2,1H3. The topological polar surface area (TPSA) is 51.1 Å². The summed E-state index contributed by atoms with van der Waals surface area (Å²) in [6, 6.07) is 9.51. The summed E-state index contributed by atoms with van der Waals surface area (Å²) in [4.78, 5) is 0. The van der Waals surface area contributed by atoms with Crippen molar-refractivity contribution in [2.45, 2.75) is 6.92 Å². The Morgan fingerprint density at radius 3 is 2.64 bits per heavy atom. The van der Waals surface area contributed by atoms with Crippen LogP contribution in [0.4, 0.5) is 0 Å². The van der Waals surface area contributed by atoms with Gasteiger partial charge in [0.15, 0.2) is 0 Å². The zero-order valence-corrected chi connectivity index (χ0v) is 7.88. The molecule has 1 heterocycles. The molecule has 0 aliphatic carbocycles. The Labute approximate surface area is 82.1 Å². The quantitative estimate of drug-likeness (QED) is 0.727. The van der Waals surface area contributed by atoms with E-state index in [1.165, 1.54) is 5.12 Å². The van der Waals surface area contributed by atoms with Crippen LogP contribution in [0.3, 0.4) is 0 Å². The molecule has 0 amide bonds. The van der Waals surface area contributed by atoms with Gasteiger partial charge in [-0.05, 0) is 6.92 Å². The van der Waals surface area contributed by atoms with E-state index in [9.17, 15) is 5.21 Å².